The van der Waals surface area contributed by atoms with E-state index in [0.29, 0.717) is 25.9 Å². The summed E-state index contributed by atoms with van der Waals surface area (Å²) >= 11 is 0. The summed E-state index contributed by atoms with van der Waals surface area (Å²) < 4.78 is 39.3. The first-order valence-electron chi connectivity index (χ1n) is 8.15. The van der Waals surface area contributed by atoms with Gasteiger partial charge in [-0.25, -0.2) is 0 Å². The van der Waals surface area contributed by atoms with Crippen LogP contribution < -0.4 is 11.1 Å². The van der Waals surface area contributed by atoms with Crippen molar-refractivity contribution in [2.24, 2.45) is 11.7 Å². The normalized spacial score (nSPS) is 17.9. The molecule has 1 heterocycles. The van der Waals surface area contributed by atoms with Gasteiger partial charge in [-0.1, -0.05) is 18.2 Å². The van der Waals surface area contributed by atoms with Gasteiger partial charge < -0.3 is 11.1 Å². The quantitative estimate of drug-likeness (QED) is 0.847. The van der Waals surface area contributed by atoms with E-state index in [9.17, 15) is 22.8 Å². The van der Waals surface area contributed by atoms with Crippen molar-refractivity contribution in [2.45, 2.75) is 32.0 Å². The fourth-order valence-electron chi connectivity index (χ4n) is 3.12. The predicted molar refractivity (Wildman–Crippen MR) is 86.4 cm³/mol. The second kappa shape index (κ2) is 7.86. The van der Waals surface area contributed by atoms with Gasteiger partial charge >= 0.3 is 6.18 Å². The van der Waals surface area contributed by atoms with Gasteiger partial charge in [-0.15, -0.1) is 0 Å². The standard InChI is InChI=1S/C17H22F3N3O2/c1-11(13-4-2-3-5-14(13)17(18,19)20)22-16(25)12-6-8-23(9-7-12)10-15(21)24/h2-5,11-12H,6-10H2,1H3,(H2,21,24)(H,22,25)/t11-/m0/s1. The number of likely N-dealkylation sites (tertiary alicyclic amines) is 1. The molecule has 0 unspecified atom stereocenters. The fraction of sp³-hybridized carbons (Fsp3) is 0.529. The van der Waals surface area contributed by atoms with Crippen LogP contribution in [0.4, 0.5) is 13.2 Å². The minimum absolute atomic E-state index is 0.0505. The van der Waals surface area contributed by atoms with Gasteiger partial charge in [0.15, 0.2) is 0 Å². The summed E-state index contributed by atoms with van der Waals surface area (Å²) in [5, 5.41) is 2.68. The highest BCUT2D eigenvalue weighted by atomic mass is 19.4. The SMILES string of the molecule is C[C@H](NC(=O)C1CCN(CC(N)=O)CC1)c1ccccc1C(F)(F)F. The van der Waals surface area contributed by atoms with Crippen molar-refractivity contribution in [3.8, 4) is 0 Å². The Labute approximate surface area is 144 Å². The van der Waals surface area contributed by atoms with Gasteiger partial charge in [0.1, 0.15) is 0 Å². The van der Waals surface area contributed by atoms with Crippen LogP contribution in [0.25, 0.3) is 0 Å². The van der Waals surface area contributed by atoms with E-state index < -0.39 is 23.7 Å². The van der Waals surface area contributed by atoms with Crippen LogP contribution in [0.15, 0.2) is 24.3 Å². The molecule has 1 fully saturated rings. The molecule has 0 spiro atoms. The molecule has 1 atom stereocenters. The van der Waals surface area contributed by atoms with E-state index >= 15 is 0 Å². The average Bonchev–Trinajstić information content (AvgIpc) is 2.54. The summed E-state index contributed by atoms with van der Waals surface area (Å²) in [5.41, 5.74) is 4.46. The number of primary amides is 1. The fourth-order valence-corrected chi connectivity index (χ4v) is 3.12. The van der Waals surface area contributed by atoms with Crippen molar-refractivity contribution >= 4 is 11.8 Å². The molecule has 25 heavy (non-hydrogen) atoms. The highest BCUT2D eigenvalue weighted by Gasteiger charge is 2.35. The minimum atomic E-state index is -4.46. The number of alkyl halides is 3. The molecule has 1 saturated heterocycles. The van der Waals surface area contributed by atoms with Crippen LogP contribution in [0.1, 0.15) is 36.9 Å². The molecule has 1 aromatic carbocycles. The molecule has 3 N–H and O–H groups in total. The molecule has 2 amide bonds. The lowest BCUT2D eigenvalue weighted by molar-refractivity contribution is -0.139. The zero-order chi connectivity index (χ0) is 18.6. The van der Waals surface area contributed by atoms with E-state index in [1.165, 1.54) is 18.2 Å². The van der Waals surface area contributed by atoms with Crippen molar-refractivity contribution in [1.82, 2.24) is 10.2 Å². The molecule has 8 heteroatoms. The molecule has 2 rings (SSSR count). The minimum Gasteiger partial charge on any atom is -0.369 e. The Bertz CT molecular complexity index is 626. The number of nitrogens with zero attached hydrogens (tertiary/aromatic N) is 1. The number of nitrogens with one attached hydrogen (secondary N) is 1. The van der Waals surface area contributed by atoms with Crippen LogP contribution in [0.2, 0.25) is 0 Å². The Morgan fingerprint density at radius 1 is 1.28 bits per heavy atom. The summed E-state index contributed by atoms with van der Waals surface area (Å²) in [4.78, 5) is 25.1. The molecule has 1 aliphatic heterocycles. The monoisotopic (exact) mass is 357 g/mol. The number of carbonyl (C=O) groups excluding carboxylic acids is 2. The van der Waals surface area contributed by atoms with Gasteiger partial charge in [0.25, 0.3) is 0 Å². The van der Waals surface area contributed by atoms with Crippen molar-refractivity contribution < 1.29 is 22.8 Å². The molecule has 1 aromatic rings. The molecule has 0 aliphatic carbocycles. The molecular formula is C17H22F3N3O2. The first-order valence-corrected chi connectivity index (χ1v) is 8.15. The number of piperidine rings is 1. The number of halogens is 3. The van der Waals surface area contributed by atoms with Crippen LogP contribution in [0, 0.1) is 5.92 Å². The van der Waals surface area contributed by atoms with Crippen LogP contribution >= 0.6 is 0 Å². The molecule has 1 aliphatic rings. The molecule has 0 radical (unpaired) electrons. The van der Waals surface area contributed by atoms with E-state index in [1.807, 2.05) is 4.90 Å². The Hall–Kier alpha value is -2.09. The van der Waals surface area contributed by atoms with E-state index in [0.717, 1.165) is 6.07 Å². The number of hydrogen-bond donors (Lipinski definition) is 2. The van der Waals surface area contributed by atoms with Crippen molar-refractivity contribution in [3.05, 3.63) is 35.4 Å². The molecule has 0 bridgehead atoms. The number of rotatable bonds is 5. The number of hydrogen-bond acceptors (Lipinski definition) is 3. The van der Waals surface area contributed by atoms with Gasteiger partial charge in [0.05, 0.1) is 18.2 Å². The molecule has 5 nitrogen and oxygen atoms in total. The van der Waals surface area contributed by atoms with Crippen molar-refractivity contribution in [1.29, 1.82) is 0 Å². The van der Waals surface area contributed by atoms with Gasteiger partial charge in [-0.3, -0.25) is 14.5 Å². The van der Waals surface area contributed by atoms with Crippen LogP contribution in [-0.4, -0.2) is 36.3 Å². The largest absolute Gasteiger partial charge is 0.416 e. The van der Waals surface area contributed by atoms with Gasteiger partial charge in [-0.2, -0.15) is 13.2 Å². The number of benzene rings is 1. The third-order valence-electron chi connectivity index (χ3n) is 4.43. The van der Waals surface area contributed by atoms with E-state index in [2.05, 4.69) is 5.32 Å². The third kappa shape index (κ3) is 5.19. The summed E-state index contributed by atoms with van der Waals surface area (Å²) in [6, 6.07) is 4.50. The Kier molecular flexibility index (Phi) is 6.05. The number of amides is 2. The second-order valence-electron chi connectivity index (χ2n) is 6.33. The first-order chi connectivity index (χ1) is 11.7. The van der Waals surface area contributed by atoms with Crippen molar-refractivity contribution in [2.75, 3.05) is 19.6 Å². The Balaban J connectivity index is 1.97. The predicted octanol–water partition coefficient (Wildman–Crippen LogP) is 2.08. The lowest BCUT2D eigenvalue weighted by Gasteiger charge is -2.31. The van der Waals surface area contributed by atoms with Gasteiger partial charge in [0, 0.05) is 5.92 Å². The summed E-state index contributed by atoms with van der Waals surface area (Å²) in [7, 11) is 0. The summed E-state index contributed by atoms with van der Waals surface area (Å²) in [6.07, 6.45) is -3.37. The maximum absolute atomic E-state index is 13.1. The van der Waals surface area contributed by atoms with Crippen LogP contribution in [0.5, 0.6) is 0 Å². The summed E-state index contributed by atoms with van der Waals surface area (Å²) in [6.45, 7) is 2.83. The maximum Gasteiger partial charge on any atom is 0.416 e. The second-order valence-corrected chi connectivity index (χ2v) is 6.33. The highest BCUT2D eigenvalue weighted by Crippen LogP contribution is 2.34. The van der Waals surface area contributed by atoms with Gasteiger partial charge in [-0.05, 0) is 44.5 Å². The highest BCUT2D eigenvalue weighted by molar-refractivity contribution is 5.79. The number of carbonyl (C=O) groups is 2. The topological polar surface area (TPSA) is 75.4 Å². The van der Waals surface area contributed by atoms with E-state index in [-0.39, 0.29) is 23.9 Å². The van der Waals surface area contributed by atoms with Crippen molar-refractivity contribution in [3.63, 3.8) is 0 Å². The summed E-state index contributed by atoms with van der Waals surface area (Å²) in [5.74, 6) is -0.951. The maximum atomic E-state index is 13.1. The lowest BCUT2D eigenvalue weighted by Crippen LogP contribution is -2.43. The van der Waals surface area contributed by atoms with E-state index in [1.54, 1.807) is 6.92 Å². The Morgan fingerprint density at radius 3 is 2.44 bits per heavy atom. The van der Waals surface area contributed by atoms with Crippen LogP contribution in [0.3, 0.4) is 0 Å². The first kappa shape index (κ1) is 19.2. The van der Waals surface area contributed by atoms with Crippen LogP contribution in [-0.2, 0) is 15.8 Å². The third-order valence-corrected chi connectivity index (χ3v) is 4.43. The molecule has 0 aromatic heterocycles. The molecule has 138 valence electrons. The smallest absolute Gasteiger partial charge is 0.369 e. The van der Waals surface area contributed by atoms with E-state index in [4.69, 9.17) is 5.73 Å². The lowest BCUT2D eigenvalue weighted by atomic mass is 9.94. The number of nitrogens with two attached hydrogens (primary N) is 1. The molecule has 0 saturated carbocycles. The Morgan fingerprint density at radius 2 is 1.88 bits per heavy atom. The zero-order valence-electron chi connectivity index (χ0n) is 14.0. The average molecular weight is 357 g/mol. The molecular weight excluding hydrogens is 335 g/mol. The van der Waals surface area contributed by atoms with Gasteiger partial charge in [0.2, 0.25) is 11.8 Å². The zero-order valence-corrected chi connectivity index (χ0v) is 14.0.